The van der Waals surface area contributed by atoms with E-state index in [9.17, 15) is 14.4 Å². The summed E-state index contributed by atoms with van der Waals surface area (Å²) in [7, 11) is 1.48. The van der Waals surface area contributed by atoms with Crippen LogP contribution >= 0.6 is 0 Å². The highest BCUT2D eigenvalue weighted by atomic mass is 16.5. The SMILES string of the molecule is COc1cc(NC(=O)C(=O)NC(C)(C)CNC(=O)c2cc3ccccc3o2)ccc1-c1cnco1. The zero-order valence-electron chi connectivity index (χ0n) is 19.4. The molecule has 0 aliphatic heterocycles. The van der Waals surface area contributed by atoms with Gasteiger partial charge in [-0.1, -0.05) is 18.2 Å². The average Bonchev–Trinajstić information content (AvgIpc) is 3.52. The Bertz CT molecular complexity index is 1340. The third kappa shape index (κ3) is 5.49. The number of nitrogens with one attached hydrogen (secondary N) is 3. The molecule has 0 fully saturated rings. The number of oxazole rings is 1. The highest BCUT2D eigenvalue weighted by Crippen LogP contribution is 2.32. The first-order chi connectivity index (χ1) is 16.8. The Balaban J connectivity index is 1.34. The van der Waals surface area contributed by atoms with Crippen molar-refractivity contribution in [3.05, 3.63) is 66.9 Å². The molecule has 0 bridgehead atoms. The number of benzene rings is 2. The van der Waals surface area contributed by atoms with Gasteiger partial charge in [0.2, 0.25) is 0 Å². The maximum atomic E-state index is 12.5. The van der Waals surface area contributed by atoms with Crippen molar-refractivity contribution >= 4 is 34.4 Å². The van der Waals surface area contributed by atoms with Gasteiger partial charge in [-0.15, -0.1) is 0 Å². The van der Waals surface area contributed by atoms with E-state index in [1.807, 2.05) is 18.2 Å². The van der Waals surface area contributed by atoms with Gasteiger partial charge in [-0.25, -0.2) is 4.98 Å². The monoisotopic (exact) mass is 476 g/mol. The Kier molecular flexibility index (Phi) is 6.54. The Hall–Kier alpha value is -4.60. The van der Waals surface area contributed by atoms with Gasteiger partial charge in [-0.05, 0) is 38.1 Å². The first-order valence-electron chi connectivity index (χ1n) is 10.7. The standard InChI is InChI=1S/C25H24N4O6/c1-25(2,13-27-22(30)20-10-15-6-4-5-7-18(15)35-20)29-24(32)23(31)28-16-8-9-17(19(11-16)33-3)21-12-26-14-34-21/h4-12,14H,13H2,1-3H3,(H,27,30)(H,28,31)(H,29,32). The number of hydrogen-bond donors (Lipinski definition) is 3. The highest BCUT2D eigenvalue weighted by molar-refractivity contribution is 6.39. The fourth-order valence-corrected chi connectivity index (χ4v) is 3.40. The van der Waals surface area contributed by atoms with E-state index in [1.54, 1.807) is 50.4 Å². The fourth-order valence-electron chi connectivity index (χ4n) is 3.40. The average molecular weight is 476 g/mol. The van der Waals surface area contributed by atoms with Crippen LogP contribution in [-0.4, -0.2) is 41.9 Å². The molecule has 10 nitrogen and oxygen atoms in total. The van der Waals surface area contributed by atoms with Crippen LogP contribution in [0, 0.1) is 0 Å². The maximum Gasteiger partial charge on any atom is 0.313 e. The second kappa shape index (κ2) is 9.72. The van der Waals surface area contributed by atoms with Gasteiger partial charge in [0.15, 0.2) is 17.9 Å². The predicted octanol–water partition coefficient (Wildman–Crippen LogP) is 3.36. The molecule has 0 aliphatic carbocycles. The number of para-hydroxylation sites is 1. The molecule has 0 spiro atoms. The number of furan rings is 1. The molecule has 3 amide bonds. The van der Waals surface area contributed by atoms with E-state index in [1.165, 1.54) is 13.5 Å². The second-order valence-electron chi connectivity index (χ2n) is 8.40. The van der Waals surface area contributed by atoms with Gasteiger partial charge in [0.1, 0.15) is 11.3 Å². The number of ether oxygens (including phenoxy) is 1. The van der Waals surface area contributed by atoms with Crippen LogP contribution < -0.4 is 20.7 Å². The van der Waals surface area contributed by atoms with Crippen LogP contribution in [0.15, 0.2) is 70.0 Å². The molecule has 0 saturated heterocycles. The van der Waals surface area contributed by atoms with Crippen molar-refractivity contribution in [2.24, 2.45) is 0 Å². The lowest BCUT2D eigenvalue weighted by Gasteiger charge is -2.26. The normalized spacial score (nSPS) is 11.2. The lowest BCUT2D eigenvalue weighted by Crippen LogP contribution is -2.54. The quantitative estimate of drug-likeness (QED) is 0.348. The van der Waals surface area contributed by atoms with Crippen molar-refractivity contribution in [3.63, 3.8) is 0 Å². The summed E-state index contributed by atoms with van der Waals surface area (Å²) in [5, 5.41) is 8.69. The number of carbonyl (C=O) groups excluding carboxylic acids is 3. The summed E-state index contributed by atoms with van der Waals surface area (Å²) in [4.78, 5) is 41.3. The number of nitrogens with zero attached hydrogens (tertiary/aromatic N) is 1. The van der Waals surface area contributed by atoms with Gasteiger partial charge in [0, 0.05) is 23.7 Å². The lowest BCUT2D eigenvalue weighted by atomic mass is 10.1. The Labute approximate surface area is 200 Å². The predicted molar refractivity (Wildman–Crippen MR) is 128 cm³/mol. The van der Waals surface area contributed by atoms with Gasteiger partial charge in [-0.3, -0.25) is 14.4 Å². The molecular weight excluding hydrogens is 452 g/mol. The van der Waals surface area contributed by atoms with E-state index < -0.39 is 23.3 Å². The van der Waals surface area contributed by atoms with Gasteiger partial charge < -0.3 is 29.5 Å². The summed E-state index contributed by atoms with van der Waals surface area (Å²) in [6, 6.07) is 13.8. The topological polar surface area (TPSA) is 136 Å². The fraction of sp³-hybridized carbons (Fsp3) is 0.200. The molecule has 35 heavy (non-hydrogen) atoms. The minimum Gasteiger partial charge on any atom is -0.496 e. The molecule has 10 heteroatoms. The molecule has 0 atom stereocenters. The third-order valence-electron chi connectivity index (χ3n) is 5.16. The number of anilines is 1. The van der Waals surface area contributed by atoms with E-state index in [2.05, 4.69) is 20.9 Å². The first-order valence-corrected chi connectivity index (χ1v) is 10.7. The molecule has 0 aliphatic rings. The summed E-state index contributed by atoms with van der Waals surface area (Å²) >= 11 is 0. The summed E-state index contributed by atoms with van der Waals surface area (Å²) in [5.41, 5.74) is 0.701. The molecule has 180 valence electrons. The summed E-state index contributed by atoms with van der Waals surface area (Å²) in [6.07, 6.45) is 2.84. The number of aromatic nitrogens is 1. The summed E-state index contributed by atoms with van der Waals surface area (Å²) in [5.74, 6) is -1.04. The molecule has 2 aromatic heterocycles. The molecule has 4 rings (SSSR count). The molecule has 0 radical (unpaired) electrons. The molecule has 2 heterocycles. The Morgan fingerprint density at radius 3 is 2.57 bits per heavy atom. The van der Waals surface area contributed by atoms with Crippen molar-refractivity contribution in [1.82, 2.24) is 15.6 Å². The molecule has 4 aromatic rings. The Morgan fingerprint density at radius 2 is 1.86 bits per heavy atom. The van der Waals surface area contributed by atoms with Crippen LogP contribution in [0.4, 0.5) is 5.69 Å². The smallest absolute Gasteiger partial charge is 0.313 e. The van der Waals surface area contributed by atoms with Crippen molar-refractivity contribution in [2.45, 2.75) is 19.4 Å². The second-order valence-corrected chi connectivity index (χ2v) is 8.40. The third-order valence-corrected chi connectivity index (χ3v) is 5.16. The molecule has 2 aromatic carbocycles. The zero-order chi connectivity index (χ0) is 25.0. The van der Waals surface area contributed by atoms with Gasteiger partial charge in [0.05, 0.1) is 24.4 Å². The lowest BCUT2D eigenvalue weighted by molar-refractivity contribution is -0.137. The van der Waals surface area contributed by atoms with E-state index in [4.69, 9.17) is 13.6 Å². The molecular formula is C25H24N4O6. The van der Waals surface area contributed by atoms with E-state index in [0.717, 1.165) is 5.39 Å². The van der Waals surface area contributed by atoms with Crippen molar-refractivity contribution in [1.29, 1.82) is 0 Å². The van der Waals surface area contributed by atoms with Crippen molar-refractivity contribution < 1.29 is 28.0 Å². The number of fused-ring (bicyclic) bond motifs is 1. The van der Waals surface area contributed by atoms with E-state index in [0.29, 0.717) is 28.3 Å². The van der Waals surface area contributed by atoms with Gasteiger partial charge in [-0.2, -0.15) is 0 Å². The van der Waals surface area contributed by atoms with Crippen molar-refractivity contribution in [2.75, 3.05) is 19.0 Å². The zero-order valence-corrected chi connectivity index (χ0v) is 19.4. The summed E-state index contributed by atoms with van der Waals surface area (Å²) in [6.45, 7) is 3.44. The molecule has 0 unspecified atom stereocenters. The minimum absolute atomic E-state index is 0.0710. The maximum absolute atomic E-state index is 12.5. The van der Waals surface area contributed by atoms with Crippen LogP contribution in [-0.2, 0) is 9.59 Å². The number of hydrogen-bond acceptors (Lipinski definition) is 7. The van der Waals surface area contributed by atoms with Gasteiger partial charge in [0.25, 0.3) is 5.91 Å². The number of amides is 3. The number of carbonyl (C=O) groups is 3. The van der Waals surface area contributed by atoms with Gasteiger partial charge >= 0.3 is 11.8 Å². The van der Waals surface area contributed by atoms with Crippen molar-refractivity contribution in [3.8, 4) is 17.1 Å². The molecule has 3 N–H and O–H groups in total. The van der Waals surface area contributed by atoms with Crippen LogP contribution in [0.3, 0.4) is 0 Å². The van der Waals surface area contributed by atoms with E-state index >= 15 is 0 Å². The Morgan fingerprint density at radius 1 is 1.06 bits per heavy atom. The molecule has 0 saturated carbocycles. The minimum atomic E-state index is -0.913. The van der Waals surface area contributed by atoms with Crippen LogP contribution in [0.2, 0.25) is 0 Å². The largest absolute Gasteiger partial charge is 0.496 e. The van der Waals surface area contributed by atoms with Crippen LogP contribution in [0.1, 0.15) is 24.4 Å². The summed E-state index contributed by atoms with van der Waals surface area (Å²) < 4.78 is 16.2. The number of methoxy groups -OCH3 is 1. The van der Waals surface area contributed by atoms with E-state index in [-0.39, 0.29) is 12.3 Å². The number of rotatable bonds is 7. The van der Waals surface area contributed by atoms with Crippen LogP contribution in [0.5, 0.6) is 5.75 Å². The first kappa shape index (κ1) is 23.6. The highest BCUT2D eigenvalue weighted by Gasteiger charge is 2.26. The van der Waals surface area contributed by atoms with Crippen LogP contribution in [0.25, 0.3) is 22.3 Å².